The van der Waals surface area contributed by atoms with E-state index < -0.39 is 0 Å². The highest BCUT2D eigenvalue weighted by Crippen LogP contribution is 2.40. The molecule has 1 aliphatic carbocycles. The third-order valence-electron chi connectivity index (χ3n) is 4.96. The highest BCUT2D eigenvalue weighted by atomic mass is 79.9. The lowest BCUT2D eigenvalue weighted by Crippen LogP contribution is -2.32. The van der Waals surface area contributed by atoms with Gasteiger partial charge in [0.25, 0.3) is 0 Å². The zero-order valence-electron chi connectivity index (χ0n) is 12.4. The Morgan fingerprint density at radius 3 is 2.21 bits per heavy atom. The Hall–Kier alpha value is -0.500. The highest BCUT2D eigenvalue weighted by Gasteiger charge is 2.31. The molecule has 1 aromatic carbocycles. The number of hydrogen-bond donors (Lipinski definition) is 1. The summed E-state index contributed by atoms with van der Waals surface area (Å²) in [6.07, 6.45) is 6.65. The van der Waals surface area contributed by atoms with E-state index in [4.69, 9.17) is 0 Å². The summed E-state index contributed by atoms with van der Waals surface area (Å²) in [6, 6.07) is 9.19. The molecule has 19 heavy (non-hydrogen) atoms. The zero-order valence-corrected chi connectivity index (χ0v) is 14.0. The molecule has 1 nitrogen and oxygen atoms in total. The largest absolute Gasteiger partial charge is 0.382 e. The average Bonchev–Trinajstić information content (AvgIpc) is 2.42. The summed E-state index contributed by atoms with van der Waals surface area (Å²) in [5.74, 6) is 0.903. The topological polar surface area (TPSA) is 12.0 Å². The number of rotatable bonds is 4. The van der Waals surface area contributed by atoms with Crippen molar-refractivity contribution < 1.29 is 0 Å². The van der Waals surface area contributed by atoms with Crippen LogP contribution in [0, 0.1) is 11.3 Å². The van der Waals surface area contributed by atoms with E-state index in [2.05, 4.69) is 66.3 Å². The molecule has 1 fully saturated rings. The smallest absolute Gasteiger partial charge is 0.0343 e. The number of anilines is 1. The van der Waals surface area contributed by atoms with Crippen LogP contribution in [0.15, 0.2) is 28.7 Å². The number of hydrogen-bond acceptors (Lipinski definition) is 1. The van der Waals surface area contributed by atoms with Crippen LogP contribution in [0.25, 0.3) is 0 Å². The highest BCUT2D eigenvalue weighted by molar-refractivity contribution is 9.10. The molecular weight excluding hydrogens is 298 g/mol. The molecule has 0 amide bonds. The molecule has 0 saturated heterocycles. The van der Waals surface area contributed by atoms with Gasteiger partial charge in [0.2, 0.25) is 0 Å². The van der Waals surface area contributed by atoms with Crippen molar-refractivity contribution in [2.75, 3.05) is 5.32 Å². The van der Waals surface area contributed by atoms with Crippen LogP contribution >= 0.6 is 15.9 Å². The molecule has 0 bridgehead atoms. The Morgan fingerprint density at radius 1 is 1.11 bits per heavy atom. The zero-order chi connectivity index (χ0) is 13.9. The van der Waals surface area contributed by atoms with E-state index in [1.807, 2.05) is 0 Å². The average molecular weight is 324 g/mol. The van der Waals surface area contributed by atoms with Crippen LogP contribution in [0.5, 0.6) is 0 Å². The second-order valence-electron chi connectivity index (χ2n) is 6.54. The molecular formula is C17H26BrN. The third-order valence-corrected chi connectivity index (χ3v) is 5.49. The molecule has 0 aliphatic heterocycles. The molecule has 0 aromatic heterocycles. The molecule has 0 atom stereocenters. The monoisotopic (exact) mass is 323 g/mol. The van der Waals surface area contributed by atoms with Gasteiger partial charge < -0.3 is 5.32 Å². The lowest BCUT2D eigenvalue weighted by atomic mass is 9.69. The third kappa shape index (κ3) is 3.98. The maximum atomic E-state index is 3.68. The van der Waals surface area contributed by atoms with Gasteiger partial charge in [0.15, 0.2) is 0 Å². The van der Waals surface area contributed by atoms with Crippen LogP contribution < -0.4 is 5.32 Å². The lowest BCUT2D eigenvalue weighted by Gasteiger charge is -2.39. The number of benzene rings is 1. The van der Waals surface area contributed by atoms with Crippen LogP contribution in [0.2, 0.25) is 0 Å². The van der Waals surface area contributed by atoms with Crippen LogP contribution in [-0.2, 0) is 0 Å². The molecule has 0 unspecified atom stereocenters. The van der Waals surface area contributed by atoms with Gasteiger partial charge in [0, 0.05) is 16.2 Å². The number of halogens is 1. The molecule has 0 radical (unpaired) electrons. The summed E-state index contributed by atoms with van der Waals surface area (Å²) in [4.78, 5) is 0. The van der Waals surface area contributed by atoms with Gasteiger partial charge in [-0.15, -0.1) is 0 Å². The second kappa shape index (κ2) is 6.30. The predicted molar refractivity (Wildman–Crippen MR) is 87.6 cm³/mol. The van der Waals surface area contributed by atoms with Gasteiger partial charge in [-0.2, -0.15) is 0 Å². The van der Waals surface area contributed by atoms with E-state index in [9.17, 15) is 0 Å². The van der Waals surface area contributed by atoms with Crippen LogP contribution in [0.3, 0.4) is 0 Å². The van der Waals surface area contributed by atoms with Gasteiger partial charge in [-0.05, 0) is 61.3 Å². The summed E-state index contributed by atoms with van der Waals surface area (Å²) in [5, 5.41) is 3.68. The minimum absolute atomic E-state index is 0.516. The summed E-state index contributed by atoms with van der Waals surface area (Å²) >= 11 is 3.48. The van der Waals surface area contributed by atoms with E-state index in [1.165, 1.54) is 37.8 Å². The fourth-order valence-electron chi connectivity index (χ4n) is 3.09. The van der Waals surface area contributed by atoms with Gasteiger partial charge in [-0.1, -0.05) is 43.1 Å². The van der Waals surface area contributed by atoms with Crippen molar-refractivity contribution >= 4 is 21.6 Å². The molecule has 0 spiro atoms. The van der Waals surface area contributed by atoms with Crippen molar-refractivity contribution in [3.63, 3.8) is 0 Å². The minimum Gasteiger partial charge on any atom is -0.382 e. The van der Waals surface area contributed by atoms with Crippen molar-refractivity contribution in [2.45, 2.75) is 58.9 Å². The Labute approximate surface area is 126 Å². The fourth-order valence-corrected chi connectivity index (χ4v) is 3.35. The van der Waals surface area contributed by atoms with E-state index in [-0.39, 0.29) is 0 Å². The molecule has 1 aliphatic rings. The van der Waals surface area contributed by atoms with Crippen molar-refractivity contribution in [1.29, 1.82) is 0 Å². The molecule has 1 aromatic rings. The van der Waals surface area contributed by atoms with Crippen molar-refractivity contribution in [2.24, 2.45) is 11.3 Å². The first-order valence-electron chi connectivity index (χ1n) is 7.53. The number of nitrogens with one attached hydrogen (secondary N) is 1. The van der Waals surface area contributed by atoms with Gasteiger partial charge in [-0.3, -0.25) is 0 Å². The standard InChI is InChI=1S/C17H26BrN/c1-4-17(2,3)13-5-9-15(10-6-13)19-16-11-7-14(18)8-12-16/h7-8,11-13,15,19H,4-6,9-10H2,1-3H3. The van der Waals surface area contributed by atoms with Crippen LogP contribution in [0.4, 0.5) is 5.69 Å². The molecule has 1 N–H and O–H groups in total. The van der Waals surface area contributed by atoms with Crippen molar-refractivity contribution in [1.82, 2.24) is 0 Å². The first-order chi connectivity index (χ1) is 9.01. The SMILES string of the molecule is CCC(C)(C)C1CCC(Nc2ccc(Br)cc2)CC1. The minimum atomic E-state index is 0.516. The molecule has 2 rings (SSSR count). The van der Waals surface area contributed by atoms with Crippen molar-refractivity contribution in [3.8, 4) is 0 Å². The predicted octanol–water partition coefficient (Wildman–Crippen LogP) is 5.86. The Kier molecular flexibility index (Phi) is 4.94. The van der Waals surface area contributed by atoms with Crippen molar-refractivity contribution in [3.05, 3.63) is 28.7 Å². The van der Waals surface area contributed by atoms with Crippen LogP contribution in [-0.4, -0.2) is 6.04 Å². The maximum Gasteiger partial charge on any atom is 0.0343 e. The maximum absolute atomic E-state index is 3.68. The Bertz CT molecular complexity index is 388. The van der Waals surface area contributed by atoms with E-state index >= 15 is 0 Å². The summed E-state index contributed by atoms with van der Waals surface area (Å²) < 4.78 is 1.14. The van der Waals surface area contributed by atoms with E-state index in [1.54, 1.807) is 0 Å². The first-order valence-corrected chi connectivity index (χ1v) is 8.32. The normalized spacial score (nSPS) is 24.2. The Balaban J connectivity index is 1.85. The van der Waals surface area contributed by atoms with E-state index in [0.29, 0.717) is 11.5 Å². The summed E-state index contributed by atoms with van der Waals surface area (Å²) in [6.45, 7) is 7.19. The van der Waals surface area contributed by atoms with Gasteiger partial charge in [0.1, 0.15) is 0 Å². The van der Waals surface area contributed by atoms with Gasteiger partial charge in [0.05, 0.1) is 0 Å². The van der Waals surface area contributed by atoms with Gasteiger partial charge in [-0.25, -0.2) is 0 Å². The molecule has 0 heterocycles. The summed E-state index contributed by atoms with van der Waals surface area (Å²) in [7, 11) is 0. The molecule has 1 saturated carbocycles. The Morgan fingerprint density at radius 2 is 1.68 bits per heavy atom. The van der Waals surface area contributed by atoms with Crippen LogP contribution in [0.1, 0.15) is 52.9 Å². The molecule has 2 heteroatoms. The van der Waals surface area contributed by atoms with E-state index in [0.717, 1.165) is 10.4 Å². The quantitative estimate of drug-likeness (QED) is 0.732. The second-order valence-corrected chi connectivity index (χ2v) is 7.46. The lowest BCUT2D eigenvalue weighted by molar-refractivity contribution is 0.147. The fraction of sp³-hybridized carbons (Fsp3) is 0.647. The summed E-state index contributed by atoms with van der Waals surface area (Å²) in [5.41, 5.74) is 1.77. The van der Waals surface area contributed by atoms with Gasteiger partial charge >= 0.3 is 0 Å². The first kappa shape index (κ1) is 14.9. The molecule has 106 valence electrons.